The molecule has 17 heavy (non-hydrogen) atoms. The number of hydrogen-bond acceptors (Lipinski definition) is 3. The number of aromatic hydroxyl groups is 1. The Kier molecular flexibility index (Phi) is 5.75. The summed E-state index contributed by atoms with van der Waals surface area (Å²) >= 11 is 5.85. The topological polar surface area (TPSA) is 32.7 Å². The minimum Gasteiger partial charge on any atom is -0.506 e. The van der Waals surface area contributed by atoms with Gasteiger partial charge in [0.1, 0.15) is 5.75 Å². The van der Waals surface area contributed by atoms with Gasteiger partial charge in [0.2, 0.25) is 0 Å². The molecule has 0 aliphatic rings. The minimum atomic E-state index is 0.126. The van der Waals surface area contributed by atoms with Gasteiger partial charge in [0.05, 0.1) is 17.7 Å². The van der Waals surface area contributed by atoms with Gasteiger partial charge in [0, 0.05) is 13.1 Å². The van der Waals surface area contributed by atoms with Crippen LogP contribution >= 0.6 is 11.6 Å². The maximum Gasteiger partial charge on any atom is 0.134 e. The van der Waals surface area contributed by atoms with Gasteiger partial charge in [0.25, 0.3) is 0 Å². The number of phenolic OH excluding ortho intramolecular Hbond substituents is 1. The van der Waals surface area contributed by atoms with Crippen molar-refractivity contribution >= 4 is 11.6 Å². The van der Waals surface area contributed by atoms with Crippen molar-refractivity contribution in [1.29, 1.82) is 0 Å². The number of nitrogens with zero attached hydrogens (tertiary/aromatic N) is 1. The van der Waals surface area contributed by atoms with Crippen LogP contribution in [0.4, 0.5) is 0 Å². The Morgan fingerprint density at radius 1 is 1.41 bits per heavy atom. The van der Waals surface area contributed by atoms with E-state index < -0.39 is 0 Å². The first-order valence-electron chi connectivity index (χ1n) is 5.76. The van der Waals surface area contributed by atoms with E-state index in [1.165, 1.54) is 0 Å². The average molecular weight is 258 g/mol. The molecule has 1 N–H and O–H groups in total. The predicted octanol–water partition coefficient (Wildman–Crippen LogP) is 2.90. The second kappa shape index (κ2) is 6.84. The van der Waals surface area contributed by atoms with Gasteiger partial charge in [-0.3, -0.25) is 4.90 Å². The third-order valence-electron chi connectivity index (χ3n) is 2.39. The van der Waals surface area contributed by atoms with Crippen molar-refractivity contribution in [1.82, 2.24) is 4.90 Å². The first-order valence-corrected chi connectivity index (χ1v) is 6.14. The van der Waals surface area contributed by atoms with E-state index in [-0.39, 0.29) is 11.9 Å². The molecule has 0 saturated heterocycles. The lowest BCUT2D eigenvalue weighted by Gasteiger charge is -2.17. The van der Waals surface area contributed by atoms with E-state index >= 15 is 0 Å². The summed E-state index contributed by atoms with van der Waals surface area (Å²) in [7, 11) is 2.03. The summed E-state index contributed by atoms with van der Waals surface area (Å²) in [4.78, 5) is 2.16. The average Bonchev–Trinajstić information content (AvgIpc) is 2.23. The first kappa shape index (κ1) is 14.3. The quantitative estimate of drug-likeness (QED) is 0.851. The summed E-state index contributed by atoms with van der Waals surface area (Å²) in [5.74, 6) is 0.126. The zero-order valence-electron chi connectivity index (χ0n) is 10.6. The highest BCUT2D eigenvalue weighted by molar-refractivity contribution is 6.32. The van der Waals surface area contributed by atoms with E-state index in [2.05, 4.69) is 4.90 Å². The number of phenols is 1. The zero-order chi connectivity index (χ0) is 12.8. The molecule has 0 amide bonds. The summed E-state index contributed by atoms with van der Waals surface area (Å²) in [5, 5.41) is 9.71. The molecule has 0 aliphatic heterocycles. The summed E-state index contributed by atoms with van der Waals surface area (Å²) in [6.45, 7) is 6.44. The van der Waals surface area contributed by atoms with Crippen molar-refractivity contribution in [3.8, 4) is 5.75 Å². The van der Waals surface area contributed by atoms with Crippen molar-refractivity contribution in [2.75, 3.05) is 20.2 Å². The van der Waals surface area contributed by atoms with Crippen LogP contribution < -0.4 is 0 Å². The molecule has 1 rings (SSSR count). The molecule has 0 spiro atoms. The number of benzene rings is 1. The van der Waals surface area contributed by atoms with E-state index in [0.717, 1.165) is 25.3 Å². The number of rotatable bonds is 6. The third-order valence-corrected chi connectivity index (χ3v) is 2.69. The molecule has 0 heterocycles. The van der Waals surface area contributed by atoms with E-state index in [0.29, 0.717) is 5.02 Å². The molecule has 96 valence electrons. The lowest BCUT2D eigenvalue weighted by molar-refractivity contribution is 0.0627. The second-order valence-electron chi connectivity index (χ2n) is 4.44. The van der Waals surface area contributed by atoms with E-state index in [1.807, 2.05) is 27.0 Å². The molecule has 0 unspecified atom stereocenters. The van der Waals surface area contributed by atoms with Crippen molar-refractivity contribution in [2.24, 2.45) is 0 Å². The zero-order valence-corrected chi connectivity index (χ0v) is 11.4. The molecule has 0 radical (unpaired) electrons. The molecule has 0 saturated carbocycles. The fourth-order valence-electron chi connectivity index (χ4n) is 1.48. The van der Waals surface area contributed by atoms with Crippen LogP contribution in [0.15, 0.2) is 18.2 Å². The summed E-state index contributed by atoms with van der Waals surface area (Å²) in [6.07, 6.45) is 0.270. The van der Waals surface area contributed by atoms with Crippen molar-refractivity contribution in [3.63, 3.8) is 0 Å². The Balaban J connectivity index is 2.39. The van der Waals surface area contributed by atoms with Gasteiger partial charge in [-0.2, -0.15) is 0 Å². The maximum absolute atomic E-state index is 9.31. The molecular weight excluding hydrogens is 238 g/mol. The molecule has 0 fully saturated rings. The van der Waals surface area contributed by atoms with Crippen molar-refractivity contribution < 1.29 is 9.84 Å². The molecule has 0 atom stereocenters. The van der Waals surface area contributed by atoms with Gasteiger partial charge in [-0.25, -0.2) is 0 Å². The highest BCUT2D eigenvalue weighted by Gasteiger charge is 2.04. The number of halogens is 1. The molecular formula is C13H20ClNO2. The van der Waals surface area contributed by atoms with Crippen LogP contribution in [0.2, 0.25) is 5.02 Å². The van der Waals surface area contributed by atoms with Gasteiger partial charge in [-0.05, 0) is 38.6 Å². The SMILES string of the molecule is CC(C)OCCN(C)Cc1ccc(O)c(Cl)c1. The number of hydrogen-bond donors (Lipinski definition) is 1. The van der Waals surface area contributed by atoms with Gasteiger partial charge < -0.3 is 9.84 Å². The molecule has 4 heteroatoms. The molecule has 0 aromatic heterocycles. The predicted molar refractivity (Wildman–Crippen MR) is 70.5 cm³/mol. The van der Waals surface area contributed by atoms with Crippen LogP contribution in [0.3, 0.4) is 0 Å². The number of likely N-dealkylation sites (N-methyl/N-ethyl adjacent to an activating group) is 1. The highest BCUT2D eigenvalue weighted by atomic mass is 35.5. The van der Waals surface area contributed by atoms with Crippen LogP contribution in [0.5, 0.6) is 5.75 Å². The van der Waals surface area contributed by atoms with Crippen LogP contribution in [-0.4, -0.2) is 36.3 Å². The summed E-state index contributed by atoms with van der Waals surface area (Å²) in [5.41, 5.74) is 1.08. The normalized spacial score (nSPS) is 11.4. The molecule has 1 aromatic carbocycles. The molecule has 3 nitrogen and oxygen atoms in total. The van der Waals surface area contributed by atoms with Gasteiger partial charge in [0.15, 0.2) is 0 Å². The number of ether oxygens (including phenoxy) is 1. The monoisotopic (exact) mass is 257 g/mol. The highest BCUT2D eigenvalue weighted by Crippen LogP contribution is 2.23. The van der Waals surface area contributed by atoms with Crippen LogP contribution in [0.1, 0.15) is 19.4 Å². The standard InChI is InChI=1S/C13H20ClNO2/c1-10(2)17-7-6-15(3)9-11-4-5-13(16)12(14)8-11/h4-5,8,10,16H,6-7,9H2,1-3H3. The second-order valence-corrected chi connectivity index (χ2v) is 4.85. The Bertz CT molecular complexity index is 355. The Morgan fingerprint density at radius 2 is 2.12 bits per heavy atom. The van der Waals surface area contributed by atoms with Crippen molar-refractivity contribution in [2.45, 2.75) is 26.5 Å². The molecule has 1 aromatic rings. The molecule has 0 bridgehead atoms. The Morgan fingerprint density at radius 3 is 2.71 bits per heavy atom. The van der Waals surface area contributed by atoms with Gasteiger partial charge in [-0.1, -0.05) is 17.7 Å². The van der Waals surface area contributed by atoms with Crippen molar-refractivity contribution in [3.05, 3.63) is 28.8 Å². The summed E-state index contributed by atoms with van der Waals surface area (Å²) in [6, 6.07) is 5.29. The Hall–Kier alpha value is -0.770. The smallest absolute Gasteiger partial charge is 0.134 e. The lowest BCUT2D eigenvalue weighted by atomic mass is 10.2. The third kappa shape index (κ3) is 5.39. The summed E-state index contributed by atoms with van der Waals surface area (Å²) < 4.78 is 5.49. The van der Waals surface area contributed by atoms with Gasteiger partial charge in [-0.15, -0.1) is 0 Å². The van der Waals surface area contributed by atoms with E-state index in [1.54, 1.807) is 12.1 Å². The Labute approximate surface area is 108 Å². The van der Waals surface area contributed by atoms with Gasteiger partial charge >= 0.3 is 0 Å². The fourth-order valence-corrected chi connectivity index (χ4v) is 1.69. The largest absolute Gasteiger partial charge is 0.506 e. The van der Waals surface area contributed by atoms with Crippen LogP contribution in [0, 0.1) is 0 Å². The lowest BCUT2D eigenvalue weighted by Crippen LogP contribution is -2.23. The van der Waals surface area contributed by atoms with E-state index in [4.69, 9.17) is 16.3 Å². The fraction of sp³-hybridized carbons (Fsp3) is 0.538. The van der Waals surface area contributed by atoms with Crippen LogP contribution in [-0.2, 0) is 11.3 Å². The maximum atomic E-state index is 9.31. The molecule has 0 aliphatic carbocycles. The van der Waals surface area contributed by atoms with Crippen LogP contribution in [0.25, 0.3) is 0 Å². The van der Waals surface area contributed by atoms with E-state index in [9.17, 15) is 5.11 Å². The first-order chi connectivity index (χ1) is 7.99. The minimum absolute atomic E-state index is 0.126.